The van der Waals surface area contributed by atoms with E-state index >= 15 is 0 Å². The second-order valence-electron chi connectivity index (χ2n) is 2.32. The van der Waals surface area contributed by atoms with Gasteiger partial charge in [-0.3, -0.25) is 0 Å². The predicted octanol–water partition coefficient (Wildman–Crippen LogP) is 1.64. The third-order valence-electron chi connectivity index (χ3n) is 1.43. The van der Waals surface area contributed by atoms with Crippen LogP contribution in [-0.4, -0.2) is 13.7 Å². The molecule has 0 amide bonds. The molecule has 2 aliphatic rings. The van der Waals surface area contributed by atoms with E-state index in [0.717, 1.165) is 12.3 Å². The van der Waals surface area contributed by atoms with Crippen LogP contribution >= 0.6 is 0 Å². The SMILES string of the molecule is CCN.COc1ccc2cc1-2. The van der Waals surface area contributed by atoms with Crippen LogP contribution in [0.2, 0.25) is 0 Å². The lowest BCUT2D eigenvalue weighted by molar-refractivity contribution is 0.418. The fourth-order valence-electron chi connectivity index (χ4n) is 0.904. The van der Waals surface area contributed by atoms with Gasteiger partial charge in [-0.1, -0.05) is 13.0 Å². The molecule has 0 bridgehead atoms. The van der Waals surface area contributed by atoms with Crippen LogP contribution in [0.5, 0.6) is 5.75 Å². The summed E-state index contributed by atoms with van der Waals surface area (Å²) in [6.07, 6.45) is 0. The van der Waals surface area contributed by atoms with Gasteiger partial charge in [-0.05, 0) is 24.2 Å². The normalized spacial score (nSPS) is 9.73. The highest BCUT2D eigenvalue weighted by Gasteiger charge is 2.16. The number of ether oxygens (including phenoxy) is 1. The highest BCUT2D eigenvalue weighted by molar-refractivity contribution is 5.87. The van der Waals surface area contributed by atoms with Crippen LogP contribution in [0.15, 0.2) is 18.2 Å². The van der Waals surface area contributed by atoms with Gasteiger partial charge in [0.05, 0.1) is 7.11 Å². The number of fused-ring (bicyclic) bond motifs is 1. The lowest BCUT2D eigenvalue weighted by Crippen LogP contribution is -1.87. The van der Waals surface area contributed by atoms with Crippen LogP contribution in [0.4, 0.5) is 0 Å². The Morgan fingerprint density at radius 2 is 2.09 bits per heavy atom. The molecule has 0 saturated carbocycles. The first-order valence-electron chi connectivity index (χ1n) is 3.72. The Labute approximate surface area is 67.0 Å². The van der Waals surface area contributed by atoms with E-state index in [9.17, 15) is 0 Å². The molecule has 0 atom stereocenters. The maximum atomic E-state index is 5.01. The van der Waals surface area contributed by atoms with Crippen LogP contribution in [0, 0.1) is 0 Å². The van der Waals surface area contributed by atoms with Crippen LogP contribution in [-0.2, 0) is 0 Å². The number of benzene rings is 1. The number of nitrogens with two attached hydrogens (primary N) is 1. The Hall–Kier alpha value is -1.02. The topological polar surface area (TPSA) is 35.2 Å². The number of hydrogen-bond donors (Lipinski definition) is 1. The molecule has 0 heterocycles. The first-order valence-corrected chi connectivity index (χ1v) is 3.72. The van der Waals surface area contributed by atoms with Crippen molar-refractivity contribution in [1.29, 1.82) is 0 Å². The quantitative estimate of drug-likeness (QED) is 0.672. The lowest BCUT2D eigenvalue weighted by atomic mass is 10.5. The fourth-order valence-corrected chi connectivity index (χ4v) is 0.904. The monoisotopic (exact) mass is 151 g/mol. The van der Waals surface area contributed by atoms with Crippen molar-refractivity contribution in [2.45, 2.75) is 6.92 Å². The number of hydrogen-bond acceptors (Lipinski definition) is 2. The van der Waals surface area contributed by atoms with E-state index in [1.807, 2.05) is 13.0 Å². The summed E-state index contributed by atoms with van der Waals surface area (Å²) in [5.41, 5.74) is 7.47. The van der Waals surface area contributed by atoms with Gasteiger partial charge in [0.2, 0.25) is 0 Å². The zero-order chi connectivity index (χ0) is 8.27. The smallest absolute Gasteiger partial charge is 0.126 e. The number of methoxy groups -OCH3 is 1. The van der Waals surface area contributed by atoms with Crippen LogP contribution in [0.3, 0.4) is 0 Å². The van der Waals surface area contributed by atoms with E-state index in [-0.39, 0.29) is 0 Å². The summed E-state index contributed by atoms with van der Waals surface area (Å²) < 4.78 is 5.01. The Balaban J connectivity index is 0.000000179. The van der Waals surface area contributed by atoms with Gasteiger partial charge in [0.15, 0.2) is 0 Å². The van der Waals surface area contributed by atoms with Gasteiger partial charge in [-0.2, -0.15) is 0 Å². The minimum Gasteiger partial charge on any atom is -0.496 e. The van der Waals surface area contributed by atoms with Gasteiger partial charge in [0.25, 0.3) is 0 Å². The molecule has 2 heteroatoms. The standard InChI is InChI=1S/C7H6O.C2H7N/c1-8-7-3-2-5-4-6(5)7;1-2-3/h2-4H,1H3;2-3H2,1H3. The fraction of sp³-hybridized carbons (Fsp3) is 0.333. The molecule has 2 aliphatic carbocycles. The third kappa shape index (κ3) is 1.71. The molecular weight excluding hydrogens is 138 g/mol. The van der Waals surface area contributed by atoms with Crippen molar-refractivity contribution in [1.82, 2.24) is 0 Å². The molecular formula is C9H13NO. The summed E-state index contributed by atoms with van der Waals surface area (Å²) in [6.45, 7) is 2.65. The van der Waals surface area contributed by atoms with Gasteiger partial charge in [-0.15, -0.1) is 0 Å². The molecule has 0 unspecified atom stereocenters. The van der Waals surface area contributed by atoms with Gasteiger partial charge in [0, 0.05) is 5.56 Å². The van der Waals surface area contributed by atoms with Crippen molar-refractivity contribution in [3.63, 3.8) is 0 Å². The van der Waals surface area contributed by atoms with E-state index in [0.29, 0.717) is 0 Å². The average Bonchev–Trinajstić information content (AvgIpc) is 2.66. The maximum Gasteiger partial charge on any atom is 0.126 e. The first-order chi connectivity index (χ1) is 5.33. The molecule has 0 aromatic rings. The van der Waals surface area contributed by atoms with Gasteiger partial charge >= 0.3 is 0 Å². The molecule has 0 aromatic carbocycles. The zero-order valence-electron chi connectivity index (χ0n) is 6.92. The predicted molar refractivity (Wildman–Crippen MR) is 46.7 cm³/mol. The minimum absolute atomic E-state index is 0.750. The van der Waals surface area contributed by atoms with Crippen molar-refractivity contribution >= 4 is 0 Å². The van der Waals surface area contributed by atoms with Crippen molar-refractivity contribution in [3.8, 4) is 16.9 Å². The lowest BCUT2D eigenvalue weighted by Gasteiger charge is -1.89. The van der Waals surface area contributed by atoms with E-state index in [4.69, 9.17) is 10.5 Å². The van der Waals surface area contributed by atoms with Crippen LogP contribution in [0.1, 0.15) is 6.92 Å². The zero-order valence-corrected chi connectivity index (χ0v) is 6.92. The Morgan fingerprint density at radius 1 is 1.45 bits per heavy atom. The van der Waals surface area contributed by atoms with Crippen molar-refractivity contribution in [2.24, 2.45) is 5.73 Å². The summed E-state index contributed by atoms with van der Waals surface area (Å²) in [6, 6.07) is 6.16. The number of rotatable bonds is 1. The highest BCUT2D eigenvalue weighted by atomic mass is 16.5. The second kappa shape index (κ2) is 3.39. The van der Waals surface area contributed by atoms with E-state index in [1.165, 1.54) is 11.1 Å². The molecule has 0 saturated heterocycles. The Bertz CT molecular complexity index is 245. The third-order valence-corrected chi connectivity index (χ3v) is 1.43. The molecule has 0 aromatic heterocycles. The van der Waals surface area contributed by atoms with Gasteiger partial charge in [0.1, 0.15) is 5.75 Å². The Morgan fingerprint density at radius 3 is 2.27 bits per heavy atom. The largest absolute Gasteiger partial charge is 0.496 e. The molecule has 2 nitrogen and oxygen atoms in total. The molecule has 0 fully saturated rings. The second-order valence-corrected chi connectivity index (χ2v) is 2.32. The molecule has 0 radical (unpaired) electrons. The molecule has 60 valence electrons. The summed E-state index contributed by atoms with van der Waals surface area (Å²) in [4.78, 5) is 0. The average molecular weight is 151 g/mol. The van der Waals surface area contributed by atoms with Crippen molar-refractivity contribution in [3.05, 3.63) is 18.2 Å². The molecule has 2 N–H and O–H groups in total. The summed E-state index contributed by atoms with van der Waals surface area (Å²) >= 11 is 0. The van der Waals surface area contributed by atoms with Crippen LogP contribution < -0.4 is 10.5 Å². The van der Waals surface area contributed by atoms with E-state index in [2.05, 4.69) is 12.1 Å². The highest BCUT2D eigenvalue weighted by Crippen LogP contribution is 2.43. The van der Waals surface area contributed by atoms with E-state index < -0.39 is 0 Å². The van der Waals surface area contributed by atoms with Crippen LogP contribution in [0.25, 0.3) is 11.1 Å². The minimum atomic E-state index is 0.750. The maximum absolute atomic E-state index is 5.01. The Kier molecular flexibility index (Phi) is 2.49. The molecule has 0 aliphatic heterocycles. The van der Waals surface area contributed by atoms with Crippen molar-refractivity contribution in [2.75, 3.05) is 13.7 Å². The summed E-state index contributed by atoms with van der Waals surface area (Å²) in [7, 11) is 1.70. The molecule has 11 heavy (non-hydrogen) atoms. The van der Waals surface area contributed by atoms with Gasteiger partial charge in [-0.25, -0.2) is 0 Å². The molecule has 2 rings (SSSR count). The van der Waals surface area contributed by atoms with Gasteiger partial charge < -0.3 is 10.5 Å². The van der Waals surface area contributed by atoms with Crippen molar-refractivity contribution < 1.29 is 4.74 Å². The van der Waals surface area contributed by atoms with E-state index in [1.54, 1.807) is 7.11 Å². The molecule has 0 spiro atoms. The first kappa shape index (κ1) is 8.08. The summed E-state index contributed by atoms with van der Waals surface area (Å²) in [5.74, 6) is 1.01. The summed E-state index contributed by atoms with van der Waals surface area (Å²) in [5, 5.41) is 0.